The molecule has 0 bridgehead atoms. The topological polar surface area (TPSA) is 47.2 Å². The Morgan fingerprint density at radius 2 is 1.48 bits per heavy atom. The van der Waals surface area contributed by atoms with Crippen molar-refractivity contribution < 1.29 is 0 Å². The minimum atomic E-state index is -0.178. The molecular formula is C21H15N3O. The molecule has 0 fully saturated rings. The van der Waals surface area contributed by atoms with Crippen molar-refractivity contribution in [1.82, 2.24) is 9.66 Å². The second kappa shape index (κ2) is 6.53. The molecule has 4 aromatic rings. The summed E-state index contributed by atoms with van der Waals surface area (Å²) in [7, 11) is 0. The van der Waals surface area contributed by atoms with Gasteiger partial charge in [-0.3, -0.25) is 4.79 Å². The highest BCUT2D eigenvalue weighted by Gasteiger charge is 2.01. The van der Waals surface area contributed by atoms with Crippen LogP contribution in [0.4, 0.5) is 0 Å². The number of aromatic nitrogens is 2. The monoisotopic (exact) mass is 325 g/mol. The summed E-state index contributed by atoms with van der Waals surface area (Å²) in [5.41, 5.74) is 3.72. The van der Waals surface area contributed by atoms with Crippen molar-refractivity contribution in [3.05, 3.63) is 101 Å². The maximum Gasteiger partial charge on any atom is 0.281 e. The predicted molar refractivity (Wildman–Crippen MR) is 101 cm³/mol. The summed E-state index contributed by atoms with van der Waals surface area (Å²) in [6.07, 6.45) is 3.10. The van der Waals surface area contributed by atoms with E-state index in [1.165, 1.54) is 16.6 Å². The Bertz CT molecular complexity index is 1100. The van der Waals surface area contributed by atoms with Gasteiger partial charge in [0.15, 0.2) is 0 Å². The molecule has 0 saturated heterocycles. The van der Waals surface area contributed by atoms with Crippen LogP contribution >= 0.6 is 0 Å². The van der Waals surface area contributed by atoms with E-state index in [0.717, 1.165) is 11.1 Å². The molecular weight excluding hydrogens is 310 g/mol. The van der Waals surface area contributed by atoms with Crippen LogP contribution in [0.15, 0.2) is 95.1 Å². The van der Waals surface area contributed by atoms with Gasteiger partial charge in [0.1, 0.15) is 6.33 Å². The van der Waals surface area contributed by atoms with Gasteiger partial charge in [-0.05, 0) is 28.8 Å². The summed E-state index contributed by atoms with van der Waals surface area (Å²) < 4.78 is 1.26. The summed E-state index contributed by atoms with van der Waals surface area (Å²) in [6.45, 7) is 0. The van der Waals surface area contributed by atoms with Gasteiger partial charge >= 0.3 is 0 Å². The lowest BCUT2D eigenvalue weighted by molar-refractivity contribution is 0.817. The average Bonchev–Trinajstić information content (AvgIpc) is 2.69. The zero-order valence-electron chi connectivity index (χ0n) is 13.4. The molecule has 1 aromatic heterocycles. The van der Waals surface area contributed by atoms with Crippen LogP contribution in [0.5, 0.6) is 0 Å². The summed E-state index contributed by atoms with van der Waals surface area (Å²) >= 11 is 0. The molecule has 0 spiro atoms. The quantitative estimate of drug-likeness (QED) is 0.536. The number of benzene rings is 3. The highest BCUT2D eigenvalue weighted by atomic mass is 16.1. The van der Waals surface area contributed by atoms with Crippen molar-refractivity contribution >= 4 is 17.1 Å². The third kappa shape index (κ3) is 3.10. The molecule has 4 heteroatoms. The average molecular weight is 325 g/mol. The molecule has 4 nitrogen and oxygen atoms in total. The van der Waals surface area contributed by atoms with Crippen LogP contribution in [-0.2, 0) is 0 Å². The molecule has 0 aliphatic rings. The van der Waals surface area contributed by atoms with E-state index in [2.05, 4.69) is 22.2 Å². The second-order valence-electron chi connectivity index (χ2n) is 5.64. The molecule has 3 aromatic carbocycles. The molecule has 120 valence electrons. The van der Waals surface area contributed by atoms with E-state index in [-0.39, 0.29) is 5.56 Å². The molecule has 0 N–H and O–H groups in total. The van der Waals surface area contributed by atoms with Crippen LogP contribution in [-0.4, -0.2) is 15.9 Å². The molecule has 1 heterocycles. The Labute approximate surface area is 144 Å². The van der Waals surface area contributed by atoms with Gasteiger partial charge in [0.2, 0.25) is 0 Å². The van der Waals surface area contributed by atoms with E-state index in [1.54, 1.807) is 12.3 Å². The first-order chi connectivity index (χ1) is 12.3. The minimum Gasteiger partial charge on any atom is -0.267 e. The second-order valence-corrected chi connectivity index (χ2v) is 5.64. The highest BCUT2D eigenvalue weighted by molar-refractivity contribution is 5.81. The Hall–Kier alpha value is -3.53. The van der Waals surface area contributed by atoms with Crippen LogP contribution < -0.4 is 5.56 Å². The Kier molecular flexibility index (Phi) is 3.92. The Balaban J connectivity index is 1.62. The minimum absolute atomic E-state index is 0.178. The van der Waals surface area contributed by atoms with Crippen molar-refractivity contribution in [1.29, 1.82) is 0 Å². The van der Waals surface area contributed by atoms with E-state index in [9.17, 15) is 4.79 Å². The lowest BCUT2D eigenvalue weighted by Gasteiger charge is -2.02. The molecule has 4 rings (SSSR count). The molecule has 0 amide bonds. The number of fused-ring (bicyclic) bond motifs is 1. The largest absolute Gasteiger partial charge is 0.281 e. The fraction of sp³-hybridized carbons (Fsp3) is 0. The van der Waals surface area contributed by atoms with Gasteiger partial charge in [-0.15, -0.1) is 0 Å². The van der Waals surface area contributed by atoms with Gasteiger partial charge in [-0.2, -0.15) is 9.78 Å². The summed E-state index contributed by atoms with van der Waals surface area (Å²) in [5.74, 6) is 0. The van der Waals surface area contributed by atoms with Crippen LogP contribution in [0.25, 0.3) is 22.0 Å². The summed E-state index contributed by atoms with van der Waals surface area (Å²) in [4.78, 5) is 16.7. The van der Waals surface area contributed by atoms with E-state index >= 15 is 0 Å². The van der Waals surface area contributed by atoms with Gasteiger partial charge in [-0.25, -0.2) is 4.98 Å². The van der Waals surface area contributed by atoms with Crippen molar-refractivity contribution in [2.24, 2.45) is 5.10 Å². The molecule has 0 aliphatic heterocycles. The third-order valence-corrected chi connectivity index (χ3v) is 4.00. The SMILES string of the molecule is O=c1c2ccccc2ncn1/N=C/c1ccc(-c2ccccc2)cc1. The van der Waals surface area contributed by atoms with Crippen LogP contribution in [0.3, 0.4) is 0 Å². The van der Waals surface area contributed by atoms with Crippen molar-refractivity contribution in [2.45, 2.75) is 0 Å². The summed E-state index contributed by atoms with van der Waals surface area (Å²) in [6, 6.07) is 25.5. The zero-order valence-corrected chi connectivity index (χ0v) is 13.4. The maximum atomic E-state index is 12.4. The lowest BCUT2D eigenvalue weighted by atomic mass is 10.0. The normalized spacial score (nSPS) is 11.2. The number of hydrogen-bond donors (Lipinski definition) is 0. The van der Waals surface area contributed by atoms with Crippen molar-refractivity contribution in [3.8, 4) is 11.1 Å². The fourth-order valence-electron chi connectivity index (χ4n) is 2.66. The number of nitrogens with zero attached hydrogens (tertiary/aromatic N) is 3. The maximum absolute atomic E-state index is 12.4. The van der Waals surface area contributed by atoms with Gasteiger partial charge in [0.05, 0.1) is 17.1 Å². The van der Waals surface area contributed by atoms with Crippen LogP contribution in [0, 0.1) is 0 Å². The number of para-hydroxylation sites is 1. The first-order valence-electron chi connectivity index (χ1n) is 7.97. The van der Waals surface area contributed by atoms with Gasteiger partial charge < -0.3 is 0 Å². The zero-order chi connectivity index (χ0) is 17.1. The number of hydrogen-bond acceptors (Lipinski definition) is 3. The van der Waals surface area contributed by atoms with E-state index in [0.29, 0.717) is 10.9 Å². The van der Waals surface area contributed by atoms with Crippen LogP contribution in [0.2, 0.25) is 0 Å². The van der Waals surface area contributed by atoms with Crippen molar-refractivity contribution in [3.63, 3.8) is 0 Å². The number of rotatable bonds is 3. The van der Waals surface area contributed by atoms with Gasteiger partial charge in [-0.1, -0.05) is 66.7 Å². The molecule has 0 aliphatic carbocycles. The summed E-state index contributed by atoms with van der Waals surface area (Å²) in [5, 5.41) is 4.80. The molecule has 0 atom stereocenters. The smallest absolute Gasteiger partial charge is 0.267 e. The van der Waals surface area contributed by atoms with Gasteiger partial charge in [0.25, 0.3) is 5.56 Å². The highest BCUT2D eigenvalue weighted by Crippen LogP contribution is 2.18. The molecule has 0 unspecified atom stereocenters. The first kappa shape index (κ1) is 15.0. The van der Waals surface area contributed by atoms with Crippen molar-refractivity contribution in [2.75, 3.05) is 0 Å². The van der Waals surface area contributed by atoms with E-state index in [4.69, 9.17) is 0 Å². The Morgan fingerprint density at radius 1 is 0.800 bits per heavy atom. The van der Waals surface area contributed by atoms with Gasteiger partial charge in [0, 0.05) is 0 Å². The lowest BCUT2D eigenvalue weighted by Crippen LogP contribution is -2.16. The standard InChI is InChI=1S/C21H15N3O/c25-21-19-8-4-5-9-20(19)22-15-24(21)23-14-16-10-12-18(13-11-16)17-6-2-1-3-7-17/h1-15H/b23-14+. The molecule has 0 radical (unpaired) electrons. The third-order valence-electron chi connectivity index (χ3n) is 4.00. The molecule has 0 saturated carbocycles. The van der Waals surface area contributed by atoms with E-state index in [1.807, 2.05) is 60.7 Å². The van der Waals surface area contributed by atoms with E-state index < -0.39 is 0 Å². The fourth-order valence-corrected chi connectivity index (χ4v) is 2.66. The van der Waals surface area contributed by atoms with Crippen LogP contribution in [0.1, 0.15) is 5.56 Å². The Morgan fingerprint density at radius 3 is 2.28 bits per heavy atom. The first-order valence-corrected chi connectivity index (χ1v) is 7.97. The predicted octanol–water partition coefficient (Wildman–Crippen LogP) is 3.95. The molecule has 25 heavy (non-hydrogen) atoms.